The van der Waals surface area contributed by atoms with Gasteiger partial charge in [0.15, 0.2) is 0 Å². The number of alkyl halides is 12. The predicted molar refractivity (Wildman–Crippen MR) is 142 cm³/mol. The molecule has 4 atom stereocenters. The van der Waals surface area contributed by atoms with Gasteiger partial charge in [-0.3, -0.25) is 19.2 Å². The number of aliphatic carboxylic acids is 2. The van der Waals surface area contributed by atoms with Crippen molar-refractivity contribution in [3.8, 4) is 0 Å². The Morgan fingerprint density at radius 2 is 0.625 bits per heavy atom. The van der Waals surface area contributed by atoms with Gasteiger partial charge >= 0.3 is 48.6 Å². The van der Waals surface area contributed by atoms with E-state index in [0.29, 0.717) is 0 Å². The Morgan fingerprint density at radius 3 is 0.771 bits per heavy atom. The number of esters is 2. The second-order valence-electron chi connectivity index (χ2n) is 12.8. The van der Waals surface area contributed by atoms with Crippen molar-refractivity contribution in [2.24, 2.45) is 23.7 Å². The van der Waals surface area contributed by atoms with Gasteiger partial charge in [-0.1, -0.05) is 0 Å². The van der Waals surface area contributed by atoms with Gasteiger partial charge in [0.05, 0.1) is 23.7 Å². The Morgan fingerprint density at radius 1 is 0.438 bits per heavy atom. The lowest BCUT2D eigenvalue weighted by Gasteiger charge is -2.27. The Balaban J connectivity index is 0. The average molecular weight is 733 g/mol. The molecule has 284 valence electrons. The van der Waals surface area contributed by atoms with Crippen LogP contribution in [0.25, 0.3) is 0 Å². The van der Waals surface area contributed by atoms with Crippen molar-refractivity contribution in [1.29, 1.82) is 0 Å². The molecule has 0 aliphatic rings. The van der Waals surface area contributed by atoms with Crippen LogP contribution in [0.1, 0.15) is 92.9 Å². The highest BCUT2D eigenvalue weighted by Crippen LogP contribution is 2.35. The molecule has 0 aromatic rings. The molecule has 0 aliphatic heterocycles. The van der Waals surface area contributed by atoms with Gasteiger partial charge in [0.2, 0.25) is 0 Å². The number of rotatable bonds is 14. The Bertz CT molecular complexity index is 954. The summed E-state index contributed by atoms with van der Waals surface area (Å²) in [6, 6.07) is 0. The molecule has 0 saturated heterocycles. The summed E-state index contributed by atoms with van der Waals surface area (Å²) in [5.74, 6) is -13.5. The van der Waals surface area contributed by atoms with Crippen LogP contribution in [0.15, 0.2) is 0 Å². The number of hydrogen-bond donors (Lipinski definition) is 2. The lowest BCUT2D eigenvalue weighted by molar-refractivity contribution is -0.174. The fourth-order valence-corrected chi connectivity index (χ4v) is 3.99. The molecule has 0 spiro atoms. The molecule has 0 heterocycles. The Hall–Kier alpha value is -2.96. The van der Waals surface area contributed by atoms with Gasteiger partial charge in [-0.25, -0.2) is 0 Å². The topological polar surface area (TPSA) is 127 Å². The largest absolute Gasteiger partial charge is 0.481 e. The van der Waals surface area contributed by atoms with Crippen molar-refractivity contribution in [3.05, 3.63) is 0 Å². The summed E-state index contributed by atoms with van der Waals surface area (Å²) in [5, 5.41) is 18.1. The molecule has 0 rings (SSSR count). The van der Waals surface area contributed by atoms with Crippen LogP contribution in [0.4, 0.5) is 52.7 Å². The monoisotopic (exact) mass is 732 g/mol. The molecular weight excluding hydrogens is 692 g/mol. The maximum Gasteiger partial charge on any atom is 0.389 e. The molecule has 0 unspecified atom stereocenters. The summed E-state index contributed by atoms with van der Waals surface area (Å²) in [6.45, 7) is 8.48. The number of halogens is 12. The molecular formula is C28H40F12O8. The maximum atomic E-state index is 12.4. The predicted octanol–water partition coefficient (Wildman–Crippen LogP) is 8.66. The highest BCUT2D eigenvalue weighted by atomic mass is 19.4. The van der Waals surface area contributed by atoms with Gasteiger partial charge in [0.1, 0.15) is 11.2 Å². The third kappa shape index (κ3) is 25.1. The van der Waals surface area contributed by atoms with E-state index in [-0.39, 0.29) is 0 Å². The van der Waals surface area contributed by atoms with E-state index in [1.807, 2.05) is 0 Å². The average Bonchev–Trinajstić information content (AvgIpc) is 2.77. The number of carbonyl (C=O) groups excluding carboxylic acids is 2. The zero-order valence-electron chi connectivity index (χ0n) is 26.8. The van der Waals surface area contributed by atoms with E-state index in [2.05, 4.69) is 0 Å². The summed E-state index contributed by atoms with van der Waals surface area (Å²) >= 11 is 0. The standard InChI is InChI=1S/2C14H20F6O4/c2*1-12(2,3)24-11(23)9(5-7-14(18,19)20)8(10(21)22)4-6-13(15,16)17/h2*8-9H,4-7H2,1-3H3,(H,21,22)/t8-,9+;8-,9-/m11/s1. The van der Waals surface area contributed by atoms with Crippen molar-refractivity contribution < 1.29 is 91.5 Å². The summed E-state index contributed by atoms with van der Waals surface area (Å²) in [7, 11) is 0. The highest BCUT2D eigenvalue weighted by molar-refractivity contribution is 5.82. The summed E-state index contributed by atoms with van der Waals surface area (Å²) in [5.41, 5.74) is -2.22. The van der Waals surface area contributed by atoms with Gasteiger partial charge < -0.3 is 19.7 Å². The second-order valence-corrected chi connectivity index (χ2v) is 12.8. The van der Waals surface area contributed by atoms with Crippen molar-refractivity contribution >= 4 is 23.9 Å². The van der Waals surface area contributed by atoms with Crippen LogP contribution in [0, 0.1) is 23.7 Å². The maximum absolute atomic E-state index is 12.4. The fraction of sp³-hybridized carbons (Fsp3) is 0.857. The molecule has 0 amide bonds. The molecule has 20 heteroatoms. The van der Waals surface area contributed by atoms with Crippen LogP contribution < -0.4 is 0 Å². The zero-order valence-corrected chi connectivity index (χ0v) is 26.8. The lowest BCUT2D eigenvalue weighted by atomic mass is 9.84. The molecule has 0 fully saturated rings. The molecule has 0 aliphatic carbocycles. The van der Waals surface area contributed by atoms with Crippen molar-refractivity contribution in [1.82, 2.24) is 0 Å². The molecule has 0 bridgehead atoms. The van der Waals surface area contributed by atoms with Gasteiger partial charge in [0.25, 0.3) is 0 Å². The van der Waals surface area contributed by atoms with Crippen LogP contribution in [-0.2, 0) is 28.7 Å². The minimum atomic E-state index is -4.68. The first kappa shape index (κ1) is 47.2. The van der Waals surface area contributed by atoms with Crippen LogP contribution in [0.2, 0.25) is 0 Å². The van der Waals surface area contributed by atoms with Crippen LogP contribution in [-0.4, -0.2) is 70.0 Å². The van der Waals surface area contributed by atoms with Gasteiger partial charge in [0, 0.05) is 25.7 Å². The second kappa shape index (κ2) is 18.2. The smallest absolute Gasteiger partial charge is 0.389 e. The van der Waals surface area contributed by atoms with E-state index >= 15 is 0 Å². The molecule has 48 heavy (non-hydrogen) atoms. The molecule has 8 nitrogen and oxygen atoms in total. The summed E-state index contributed by atoms with van der Waals surface area (Å²) < 4.78 is 158. The van der Waals surface area contributed by atoms with Crippen LogP contribution in [0.3, 0.4) is 0 Å². The van der Waals surface area contributed by atoms with Crippen LogP contribution >= 0.6 is 0 Å². The van der Waals surface area contributed by atoms with Crippen molar-refractivity contribution in [2.75, 3.05) is 0 Å². The zero-order chi connectivity index (χ0) is 38.7. The molecule has 0 aromatic heterocycles. The molecule has 0 saturated carbocycles. The summed E-state index contributed by atoms with van der Waals surface area (Å²) in [6.07, 6.45) is -28.6. The van der Waals surface area contributed by atoms with Gasteiger partial charge in [-0.05, 0) is 67.2 Å². The van der Waals surface area contributed by atoms with E-state index < -0.39 is 135 Å². The van der Waals surface area contributed by atoms with Gasteiger partial charge in [-0.2, -0.15) is 52.7 Å². The third-order valence-electron chi connectivity index (χ3n) is 5.98. The first-order valence-electron chi connectivity index (χ1n) is 14.2. The number of ether oxygens (including phenoxy) is 2. The molecule has 2 N–H and O–H groups in total. The van der Waals surface area contributed by atoms with E-state index in [1.54, 1.807) is 0 Å². The minimum Gasteiger partial charge on any atom is -0.481 e. The minimum absolute atomic E-state index is 0.951. The molecule has 0 aromatic carbocycles. The number of carboxylic acids is 2. The Kier molecular flexibility index (Phi) is 17.8. The van der Waals surface area contributed by atoms with E-state index in [4.69, 9.17) is 19.7 Å². The fourth-order valence-electron chi connectivity index (χ4n) is 3.99. The molecule has 0 radical (unpaired) electrons. The van der Waals surface area contributed by atoms with Crippen molar-refractivity contribution in [3.63, 3.8) is 0 Å². The number of hydrogen-bond acceptors (Lipinski definition) is 6. The lowest BCUT2D eigenvalue weighted by Crippen LogP contribution is -2.37. The first-order chi connectivity index (χ1) is 21.0. The number of carboxylic acid groups (broad SMARTS) is 2. The van der Waals surface area contributed by atoms with E-state index in [0.717, 1.165) is 0 Å². The van der Waals surface area contributed by atoms with Gasteiger partial charge in [-0.15, -0.1) is 0 Å². The van der Waals surface area contributed by atoms with E-state index in [1.165, 1.54) is 41.5 Å². The third-order valence-corrected chi connectivity index (χ3v) is 5.98. The van der Waals surface area contributed by atoms with E-state index in [9.17, 15) is 71.9 Å². The summed E-state index contributed by atoms with van der Waals surface area (Å²) in [4.78, 5) is 46.4. The normalized spacial score (nSPS) is 15.7. The number of carbonyl (C=O) groups is 4. The van der Waals surface area contributed by atoms with Crippen molar-refractivity contribution in [2.45, 2.75) is 129 Å². The quantitative estimate of drug-likeness (QED) is 0.134. The first-order valence-corrected chi connectivity index (χ1v) is 14.2. The highest BCUT2D eigenvalue weighted by Gasteiger charge is 2.43. The Labute approximate surface area is 268 Å². The van der Waals surface area contributed by atoms with Crippen LogP contribution in [0.5, 0.6) is 0 Å². The SMILES string of the molecule is CC(C)(C)OC(=O)[C@@H](CCC(F)(F)F)[C@@H](CCC(F)(F)F)C(=O)O.CC(C)(C)OC(=O)[C@H](CCC(F)(F)F)[C@@H](CCC(F)(F)F)C(=O)O.